The molecule has 0 aliphatic carbocycles. The third kappa shape index (κ3) is 6.38. The van der Waals surface area contributed by atoms with Gasteiger partial charge >= 0.3 is 5.97 Å². The average Bonchev–Trinajstić information content (AvgIpc) is 2.15. The lowest BCUT2D eigenvalue weighted by molar-refractivity contribution is -0.140. The first-order chi connectivity index (χ1) is 6.72. The number of amides is 1. The molecular weight excluding hydrogens is 202 g/mol. The van der Waals surface area contributed by atoms with Crippen molar-refractivity contribution in [1.29, 1.82) is 0 Å². The molecule has 0 aromatic rings. The zero-order valence-corrected chi connectivity index (χ0v) is 8.76. The van der Waals surface area contributed by atoms with Gasteiger partial charge in [0.25, 0.3) is 0 Å². The summed E-state index contributed by atoms with van der Waals surface area (Å²) in [6, 6.07) is -0.783. The minimum atomic E-state index is -1.00. The van der Waals surface area contributed by atoms with Crippen LogP contribution in [0.15, 0.2) is 0 Å². The zero-order chi connectivity index (χ0) is 10.8. The molecule has 5 heteroatoms. The molecule has 0 bridgehead atoms. The van der Waals surface area contributed by atoms with Crippen molar-refractivity contribution >= 4 is 24.1 Å². The number of hydrogen-bond donors (Lipinski definition) is 2. The second-order valence-electron chi connectivity index (χ2n) is 2.44. The van der Waals surface area contributed by atoms with Gasteiger partial charge in [-0.2, -0.15) is 0 Å². The summed E-state index contributed by atoms with van der Waals surface area (Å²) in [7, 11) is 0. The van der Waals surface area contributed by atoms with Crippen LogP contribution in [0.4, 0.5) is 0 Å². The minimum Gasteiger partial charge on any atom is -0.480 e. The topological polar surface area (TPSA) is 66.4 Å². The fourth-order valence-electron chi connectivity index (χ4n) is 0.757. The Kier molecular flexibility index (Phi) is 7.75. The summed E-state index contributed by atoms with van der Waals surface area (Å²) in [5.74, 6) is 5.97. The maximum atomic E-state index is 10.6. The molecule has 2 N–H and O–H groups in total. The predicted molar refractivity (Wildman–Crippen MR) is 56.0 cm³/mol. The smallest absolute Gasteiger partial charge is 0.326 e. The molecule has 14 heavy (non-hydrogen) atoms. The summed E-state index contributed by atoms with van der Waals surface area (Å²) in [5, 5.41) is 10.9. The van der Waals surface area contributed by atoms with Crippen molar-refractivity contribution in [3.8, 4) is 11.8 Å². The highest BCUT2D eigenvalue weighted by atomic mass is 32.2. The van der Waals surface area contributed by atoms with E-state index in [4.69, 9.17) is 5.11 Å². The maximum Gasteiger partial charge on any atom is 0.326 e. The van der Waals surface area contributed by atoms with Gasteiger partial charge in [-0.15, -0.1) is 17.7 Å². The van der Waals surface area contributed by atoms with Gasteiger partial charge < -0.3 is 10.4 Å². The molecule has 1 unspecified atom stereocenters. The van der Waals surface area contributed by atoms with Crippen LogP contribution in [-0.4, -0.2) is 35.0 Å². The van der Waals surface area contributed by atoms with Crippen LogP contribution in [0.25, 0.3) is 0 Å². The largest absolute Gasteiger partial charge is 0.480 e. The second kappa shape index (κ2) is 8.45. The van der Waals surface area contributed by atoms with Crippen molar-refractivity contribution in [1.82, 2.24) is 5.32 Å². The van der Waals surface area contributed by atoms with Crippen LogP contribution in [0.1, 0.15) is 13.3 Å². The summed E-state index contributed by atoms with van der Waals surface area (Å²) in [6.07, 6.45) is 0.833. The Morgan fingerprint density at radius 3 is 2.93 bits per heavy atom. The van der Waals surface area contributed by atoms with Crippen LogP contribution in [0.2, 0.25) is 0 Å². The van der Waals surface area contributed by atoms with Crippen molar-refractivity contribution in [3.63, 3.8) is 0 Å². The van der Waals surface area contributed by atoms with E-state index in [2.05, 4.69) is 17.2 Å². The zero-order valence-electron chi connectivity index (χ0n) is 7.95. The van der Waals surface area contributed by atoms with E-state index in [1.54, 1.807) is 18.7 Å². The highest BCUT2D eigenvalue weighted by Crippen LogP contribution is 2.04. The van der Waals surface area contributed by atoms with E-state index in [-0.39, 0.29) is 0 Å². The van der Waals surface area contributed by atoms with E-state index >= 15 is 0 Å². The van der Waals surface area contributed by atoms with Crippen molar-refractivity contribution < 1.29 is 14.7 Å². The third-order valence-corrected chi connectivity index (χ3v) is 2.34. The van der Waals surface area contributed by atoms with E-state index in [0.717, 1.165) is 0 Å². The van der Waals surface area contributed by atoms with Crippen LogP contribution in [-0.2, 0) is 9.59 Å². The lowest BCUT2D eigenvalue weighted by atomic mass is 10.2. The molecular formula is C9H13NO3S. The van der Waals surface area contributed by atoms with Crippen molar-refractivity contribution in [2.24, 2.45) is 0 Å². The van der Waals surface area contributed by atoms with E-state index in [1.165, 1.54) is 0 Å². The summed E-state index contributed by atoms with van der Waals surface area (Å²) < 4.78 is 0. The van der Waals surface area contributed by atoms with Gasteiger partial charge in [-0.05, 0) is 19.1 Å². The fourth-order valence-corrected chi connectivity index (χ4v) is 1.55. The van der Waals surface area contributed by atoms with Gasteiger partial charge in [-0.25, -0.2) is 4.79 Å². The van der Waals surface area contributed by atoms with E-state index in [0.29, 0.717) is 24.3 Å². The Morgan fingerprint density at radius 2 is 2.43 bits per heavy atom. The van der Waals surface area contributed by atoms with E-state index in [1.807, 2.05) is 0 Å². The highest BCUT2D eigenvalue weighted by Gasteiger charge is 2.14. The molecule has 0 aliphatic rings. The SMILES string of the molecule is CC#CCSCCC(NC=O)C(=O)O. The van der Waals surface area contributed by atoms with Crippen LogP contribution in [0.3, 0.4) is 0 Å². The Morgan fingerprint density at radius 1 is 1.71 bits per heavy atom. The van der Waals surface area contributed by atoms with Gasteiger partial charge in [0, 0.05) is 0 Å². The minimum absolute atomic E-state index is 0.412. The number of aliphatic carboxylic acids is 1. The number of carbonyl (C=O) groups is 2. The Bertz CT molecular complexity index is 244. The molecule has 0 heterocycles. The Hall–Kier alpha value is -1.15. The predicted octanol–water partition coefficient (Wildman–Crippen LogP) is 0.332. The van der Waals surface area contributed by atoms with Gasteiger partial charge in [0.05, 0.1) is 5.75 Å². The first-order valence-corrected chi connectivity index (χ1v) is 5.27. The number of hydrogen-bond acceptors (Lipinski definition) is 3. The molecule has 1 atom stereocenters. The van der Waals surface area contributed by atoms with Crippen LogP contribution >= 0.6 is 11.8 Å². The average molecular weight is 215 g/mol. The van der Waals surface area contributed by atoms with Crippen molar-refractivity contribution in [2.75, 3.05) is 11.5 Å². The number of carbonyl (C=O) groups excluding carboxylic acids is 1. The maximum absolute atomic E-state index is 10.6. The summed E-state index contributed by atoms with van der Waals surface area (Å²) >= 11 is 1.56. The number of thioether (sulfide) groups is 1. The monoisotopic (exact) mass is 215 g/mol. The van der Waals surface area contributed by atoms with Gasteiger partial charge in [-0.3, -0.25) is 4.79 Å². The number of rotatable bonds is 7. The fraction of sp³-hybridized carbons (Fsp3) is 0.556. The molecule has 4 nitrogen and oxygen atoms in total. The molecule has 0 radical (unpaired) electrons. The molecule has 0 rings (SSSR count). The van der Waals surface area contributed by atoms with Crippen LogP contribution in [0, 0.1) is 11.8 Å². The number of carboxylic acid groups (broad SMARTS) is 1. The standard InChI is InChI=1S/C9H13NO3S/c1-2-3-5-14-6-4-8(9(12)13)10-7-11/h7-8H,4-6H2,1H3,(H,10,11)(H,12,13). The lowest BCUT2D eigenvalue weighted by Crippen LogP contribution is -2.36. The quantitative estimate of drug-likeness (QED) is 0.365. The number of carboxylic acids is 1. The van der Waals surface area contributed by atoms with Gasteiger partial charge in [0.15, 0.2) is 0 Å². The van der Waals surface area contributed by atoms with Crippen molar-refractivity contribution in [3.05, 3.63) is 0 Å². The van der Waals surface area contributed by atoms with Gasteiger partial charge in [0.2, 0.25) is 6.41 Å². The first kappa shape index (κ1) is 12.8. The molecule has 0 aromatic heterocycles. The number of nitrogens with one attached hydrogen (secondary N) is 1. The molecule has 0 saturated heterocycles. The molecule has 78 valence electrons. The molecule has 0 aliphatic heterocycles. The summed E-state index contributed by atoms with van der Waals surface area (Å²) in [6.45, 7) is 1.76. The molecule has 1 amide bonds. The van der Waals surface area contributed by atoms with Crippen LogP contribution in [0.5, 0.6) is 0 Å². The third-order valence-electron chi connectivity index (χ3n) is 1.47. The van der Waals surface area contributed by atoms with Gasteiger partial charge in [0.1, 0.15) is 6.04 Å². The molecule has 0 aromatic carbocycles. The first-order valence-electron chi connectivity index (χ1n) is 4.12. The molecule has 0 saturated carbocycles. The van der Waals surface area contributed by atoms with Crippen molar-refractivity contribution in [2.45, 2.75) is 19.4 Å². The molecule has 0 fully saturated rings. The van der Waals surface area contributed by atoms with E-state index < -0.39 is 12.0 Å². The van der Waals surface area contributed by atoms with Gasteiger partial charge in [-0.1, -0.05) is 5.92 Å². The van der Waals surface area contributed by atoms with E-state index in [9.17, 15) is 9.59 Å². The normalized spacial score (nSPS) is 10.9. The van der Waals surface area contributed by atoms with Crippen LogP contribution < -0.4 is 5.32 Å². The summed E-state index contributed by atoms with van der Waals surface area (Å²) in [5.41, 5.74) is 0. The second-order valence-corrected chi connectivity index (χ2v) is 3.55. The summed E-state index contributed by atoms with van der Waals surface area (Å²) in [4.78, 5) is 20.6. The highest BCUT2D eigenvalue weighted by molar-refractivity contribution is 7.99. The Balaban J connectivity index is 3.64. The lowest BCUT2D eigenvalue weighted by Gasteiger charge is -2.09. The Labute approximate surface area is 87.4 Å². The molecule has 0 spiro atoms.